The lowest BCUT2D eigenvalue weighted by Gasteiger charge is -2.31. The van der Waals surface area contributed by atoms with E-state index in [0.29, 0.717) is 18.2 Å². The fraction of sp³-hybridized carbons (Fsp3) is 0.462. The smallest absolute Gasteiger partial charge is 0.305 e. The Morgan fingerprint density at radius 3 is 2.79 bits per heavy atom. The van der Waals surface area contributed by atoms with Crippen LogP contribution in [0.4, 0.5) is 5.69 Å². The summed E-state index contributed by atoms with van der Waals surface area (Å²) in [5, 5.41) is 9.43. The van der Waals surface area contributed by atoms with Crippen molar-refractivity contribution in [2.24, 2.45) is 5.73 Å². The van der Waals surface area contributed by atoms with Gasteiger partial charge >= 0.3 is 5.97 Å². The summed E-state index contributed by atoms with van der Waals surface area (Å²) < 4.78 is 5.32. The molecule has 104 valence electrons. The average Bonchev–Trinajstić information content (AvgIpc) is 2.39. The van der Waals surface area contributed by atoms with Gasteiger partial charge in [0.05, 0.1) is 19.6 Å². The molecule has 1 fully saturated rings. The van der Waals surface area contributed by atoms with Gasteiger partial charge in [-0.3, -0.25) is 4.79 Å². The molecule has 1 atom stereocenters. The summed E-state index contributed by atoms with van der Waals surface area (Å²) in [4.78, 5) is 13.0. The number of carbonyl (C=O) groups is 1. The van der Waals surface area contributed by atoms with Crippen molar-refractivity contribution in [3.05, 3.63) is 28.8 Å². The van der Waals surface area contributed by atoms with E-state index >= 15 is 0 Å². The van der Waals surface area contributed by atoms with Crippen LogP contribution in [0.25, 0.3) is 0 Å². The van der Waals surface area contributed by atoms with Gasteiger partial charge in [-0.05, 0) is 23.8 Å². The van der Waals surface area contributed by atoms with E-state index in [1.54, 1.807) is 12.1 Å². The highest BCUT2D eigenvalue weighted by molar-refractivity contribution is 6.30. The molecule has 1 aliphatic rings. The van der Waals surface area contributed by atoms with Crippen LogP contribution in [0.15, 0.2) is 18.2 Å². The number of nitrogens with two attached hydrogens (primary N) is 1. The van der Waals surface area contributed by atoms with Gasteiger partial charge in [0.1, 0.15) is 0 Å². The maximum absolute atomic E-state index is 10.8. The van der Waals surface area contributed by atoms with Gasteiger partial charge in [0, 0.05) is 29.8 Å². The third-order valence-corrected chi connectivity index (χ3v) is 3.37. The summed E-state index contributed by atoms with van der Waals surface area (Å²) in [6, 6.07) is 4.88. The number of halogens is 1. The van der Waals surface area contributed by atoms with Crippen LogP contribution in [0, 0.1) is 0 Å². The Kier molecular flexibility index (Phi) is 4.63. The Labute approximate surface area is 116 Å². The number of hydrogen-bond acceptors (Lipinski definition) is 4. The lowest BCUT2D eigenvalue weighted by atomic mass is 10.0. The number of morpholine rings is 1. The second-order valence-corrected chi connectivity index (χ2v) is 4.94. The van der Waals surface area contributed by atoms with Crippen molar-refractivity contribution in [1.29, 1.82) is 0 Å². The minimum Gasteiger partial charge on any atom is -0.481 e. The number of carboxylic acids is 1. The Balaban J connectivity index is 2.28. The minimum atomic E-state index is -0.916. The van der Waals surface area contributed by atoms with Gasteiger partial charge in [-0.1, -0.05) is 11.6 Å². The van der Waals surface area contributed by atoms with Gasteiger partial charge in [0.15, 0.2) is 0 Å². The molecule has 6 heteroatoms. The first kappa shape index (κ1) is 14.1. The molecule has 0 saturated carbocycles. The molecule has 0 radical (unpaired) electrons. The van der Waals surface area contributed by atoms with Gasteiger partial charge in [0.25, 0.3) is 0 Å². The van der Waals surface area contributed by atoms with Crippen molar-refractivity contribution in [2.75, 3.05) is 31.2 Å². The summed E-state index contributed by atoms with van der Waals surface area (Å²) in [5.41, 5.74) is 7.70. The molecular weight excluding hydrogens is 268 g/mol. The number of hydrogen-bond donors (Lipinski definition) is 2. The van der Waals surface area contributed by atoms with Crippen molar-refractivity contribution in [2.45, 2.75) is 12.5 Å². The van der Waals surface area contributed by atoms with Crippen LogP contribution in [-0.4, -0.2) is 37.4 Å². The fourth-order valence-corrected chi connectivity index (χ4v) is 2.39. The lowest BCUT2D eigenvalue weighted by molar-refractivity contribution is -0.137. The second-order valence-electron chi connectivity index (χ2n) is 4.51. The van der Waals surface area contributed by atoms with Gasteiger partial charge in [0.2, 0.25) is 0 Å². The summed E-state index contributed by atoms with van der Waals surface area (Å²) >= 11 is 5.99. The van der Waals surface area contributed by atoms with Gasteiger partial charge in [-0.25, -0.2) is 0 Å². The van der Waals surface area contributed by atoms with Crippen LogP contribution in [-0.2, 0) is 9.53 Å². The fourth-order valence-electron chi connectivity index (χ4n) is 2.21. The van der Waals surface area contributed by atoms with E-state index in [9.17, 15) is 4.79 Å². The van der Waals surface area contributed by atoms with Crippen LogP contribution in [0.2, 0.25) is 5.02 Å². The standard InChI is InChI=1S/C13H17ClN2O3/c14-9-1-2-12(16-3-5-19-6-4-16)10(7-9)11(15)8-13(17)18/h1-2,7,11H,3-6,8,15H2,(H,17,18). The molecular formula is C13H17ClN2O3. The van der Waals surface area contributed by atoms with Crippen LogP contribution < -0.4 is 10.6 Å². The molecule has 1 heterocycles. The van der Waals surface area contributed by atoms with Gasteiger partial charge in [-0.15, -0.1) is 0 Å². The molecule has 1 aromatic carbocycles. The quantitative estimate of drug-likeness (QED) is 0.879. The number of rotatable bonds is 4. The zero-order valence-corrected chi connectivity index (χ0v) is 11.3. The molecule has 19 heavy (non-hydrogen) atoms. The summed E-state index contributed by atoms with van der Waals surface area (Å²) in [6.07, 6.45) is -0.113. The molecule has 0 amide bonds. The molecule has 1 aliphatic heterocycles. The molecule has 1 saturated heterocycles. The summed E-state index contributed by atoms with van der Waals surface area (Å²) in [6.45, 7) is 2.87. The van der Waals surface area contributed by atoms with E-state index in [-0.39, 0.29) is 6.42 Å². The SMILES string of the molecule is NC(CC(=O)O)c1cc(Cl)ccc1N1CCOCC1. The minimum absolute atomic E-state index is 0.113. The molecule has 0 spiro atoms. The number of nitrogens with zero attached hydrogens (tertiary/aromatic N) is 1. The first-order valence-electron chi connectivity index (χ1n) is 6.17. The molecule has 2 rings (SSSR count). The molecule has 0 aromatic heterocycles. The predicted octanol–water partition coefficient (Wildman–Crippen LogP) is 1.65. The maximum Gasteiger partial charge on any atom is 0.305 e. The molecule has 1 aromatic rings. The highest BCUT2D eigenvalue weighted by Gasteiger charge is 2.20. The van der Waals surface area contributed by atoms with Crippen molar-refractivity contribution in [3.63, 3.8) is 0 Å². The number of ether oxygens (including phenoxy) is 1. The molecule has 3 N–H and O–H groups in total. The van der Waals surface area contributed by atoms with E-state index in [1.807, 2.05) is 6.07 Å². The molecule has 0 bridgehead atoms. The first-order valence-corrected chi connectivity index (χ1v) is 6.55. The van der Waals surface area contributed by atoms with Crippen molar-refractivity contribution < 1.29 is 14.6 Å². The monoisotopic (exact) mass is 284 g/mol. The van der Waals surface area contributed by atoms with Crippen molar-refractivity contribution in [3.8, 4) is 0 Å². The number of anilines is 1. The molecule has 0 aliphatic carbocycles. The predicted molar refractivity (Wildman–Crippen MR) is 73.7 cm³/mol. The average molecular weight is 285 g/mol. The second kappa shape index (κ2) is 6.23. The zero-order valence-electron chi connectivity index (χ0n) is 10.5. The van der Waals surface area contributed by atoms with E-state index < -0.39 is 12.0 Å². The van der Waals surface area contributed by atoms with Gasteiger partial charge < -0.3 is 20.5 Å². The summed E-state index contributed by atoms with van der Waals surface area (Å²) in [5.74, 6) is -0.916. The van der Waals surface area contributed by atoms with Gasteiger partial charge in [-0.2, -0.15) is 0 Å². The Morgan fingerprint density at radius 1 is 1.47 bits per heavy atom. The number of aliphatic carboxylic acids is 1. The third-order valence-electron chi connectivity index (χ3n) is 3.14. The number of carboxylic acid groups (broad SMARTS) is 1. The van der Waals surface area contributed by atoms with Crippen LogP contribution >= 0.6 is 11.6 Å². The Hall–Kier alpha value is -1.30. The van der Waals surface area contributed by atoms with Crippen LogP contribution in [0.3, 0.4) is 0 Å². The topological polar surface area (TPSA) is 75.8 Å². The van der Waals surface area contributed by atoms with Crippen LogP contribution in [0.5, 0.6) is 0 Å². The normalized spacial score (nSPS) is 17.3. The van der Waals surface area contributed by atoms with Crippen molar-refractivity contribution >= 4 is 23.3 Å². The van der Waals surface area contributed by atoms with Crippen molar-refractivity contribution in [1.82, 2.24) is 0 Å². The van der Waals surface area contributed by atoms with E-state index in [0.717, 1.165) is 24.3 Å². The zero-order chi connectivity index (χ0) is 13.8. The maximum atomic E-state index is 10.8. The molecule has 1 unspecified atom stereocenters. The van der Waals surface area contributed by atoms with E-state index in [4.69, 9.17) is 27.2 Å². The highest BCUT2D eigenvalue weighted by atomic mass is 35.5. The Morgan fingerprint density at radius 2 is 2.16 bits per heavy atom. The highest BCUT2D eigenvalue weighted by Crippen LogP contribution is 2.30. The molecule has 5 nitrogen and oxygen atoms in total. The van der Waals surface area contributed by atoms with E-state index in [2.05, 4.69) is 4.90 Å². The lowest BCUT2D eigenvalue weighted by Crippen LogP contribution is -2.37. The van der Waals surface area contributed by atoms with Crippen LogP contribution in [0.1, 0.15) is 18.0 Å². The Bertz CT molecular complexity index is 461. The van der Waals surface area contributed by atoms with E-state index in [1.165, 1.54) is 0 Å². The summed E-state index contributed by atoms with van der Waals surface area (Å²) in [7, 11) is 0. The number of benzene rings is 1. The third kappa shape index (κ3) is 3.59. The largest absolute Gasteiger partial charge is 0.481 e. The first-order chi connectivity index (χ1) is 9.08.